The van der Waals surface area contributed by atoms with Crippen molar-refractivity contribution in [3.05, 3.63) is 23.8 Å². The van der Waals surface area contributed by atoms with Crippen molar-refractivity contribution >= 4 is 29.4 Å². The molecule has 2 aromatic rings. The molecule has 1 heterocycles. The molecule has 1 aromatic heterocycles. The average Bonchev–Trinajstić information content (AvgIpc) is 2.28. The van der Waals surface area contributed by atoms with E-state index >= 15 is 0 Å². The van der Waals surface area contributed by atoms with Crippen LogP contribution in [0.3, 0.4) is 0 Å². The lowest BCUT2D eigenvalue weighted by Gasteiger charge is -1.95. The number of nitrogens with zero attached hydrogens (tertiary/aromatic N) is 2. The molecule has 0 radical (unpaired) electrons. The number of anilines is 1. The van der Waals surface area contributed by atoms with Gasteiger partial charge in [-0.15, -0.1) is 12.4 Å². The second-order valence-corrected chi connectivity index (χ2v) is 3.02. The van der Waals surface area contributed by atoms with Gasteiger partial charge in [-0.2, -0.15) is 0 Å². The molecule has 0 unspecified atom stereocenters. The van der Waals surface area contributed by atoms with Gasteiger partial charge in [0, 0.05) is 7.05 Å². The van der Waals surface area contributed by atoms with E-state index in [4.69, 9.17) is 5.73 Å². The lowest BCUT2D eigenvalue weighted by molar-refractivity contribution is 0.965. The number of nitrogens with two attached hydrogens (primary N) is 1. The maximum atomic E-state index is 5.65. The predicted molar refractivity (Wildman–Crippen MR) is 57.1 cm³/mol. The van der Waals surface area contributed by atoms with Gasteiger partial charge in [-0.1, -0.05) is 6.07 Å². The van der Waals surface area contributed by atoms with Crippen LogP contribution in [0, 0.1) is 6.92 Å². The van der Waals surface area contributed by atoms with Crippen LogP contribution in [0.25, 0.3) is 11.0 Å². The first-order chi connectivity index (χ1) is 5.68. The molecule has 0 saturated carbocycles. The van der Waals surface area contributed by atoms with Crippen LogP contribution in [0.4, 0.5) is 5.95 Å². The monoisotopic (exact) mass is 197 g/mol. The summed E-state index contributed by atoms with van der Waals surface area (Å²) in [7, 11) is 1.92. The van der Waals surface area contributed by atoms with Gasteiger partial charge < -0.3 is 10.3 Å². The Morgan fingerprint density at radius 1 is 1.38 bits per heavy atom. The third-order valence-electron chi connectivity index (χ3n) is 2.07. The van der Waals surface area contributed by atoms with Crippen LogP contribution >= 0.6 is 12.4 Å². The van der Waals surface area contributed by atoms with Crippen molar-refractivity contribution in [3.8, 4) is 0 Å². The SMILES string of the molecule is Cc1ccc2c(c1)nc(N)n2C.Cl. The third kappa shape index (κ3) is 1.47. The van der Waals surface area contributed by atoms with Crippen molar-refractivity contribution in [2.75, 3.05) is 5.73 Å². The molecule has 0 amide bonds. The van der Waals surface area contributed by atoms with E-state index in [-0.39, 0.29) is 12.4 Å². The highest BCUT2D eigenvalue weighted by Gasteiger charge is 2.02. The van der Waals surface area contributed by atoms with E-state index in [1.54, 1.807) is 0 Å². The molecule has 2 rings (SSSR count). The first-order valence-corrected chi connectivity index (χ1v) is 3.87. The Kier molecular flexibility index (Phi) is 2.48. The second kappa shape index (κ2) is 3.26. The van der Waals surface area contributed by atoms with Crippen LogP contribution in [-0.2, 0) is 7.05 Å². The molecule has 4 heteroatoms. The van der Waals surface area contributed by atoms with Gasteiger partial charge in [0.25, 0.3) is 0 Å². The number of nitrogen functional groups attached to an aromatic ring is 1. The Morgan fingerprint density at radius 3 is 2.77 bits per heavy atom. The summed E-state index contributed by atoms with van der Waals surface area (Å²) in [5, 5.41) is 0. The van der Waals surface area contributed by atoms with Crippen LogP contribution in [-0.4, -0.2) is 9.55 Å². The van der Waals surface area contributed by atoms with E-state index in [1.807, 2.05) is 30.7 Å². The van der Waals surface area contributed by atoms with Gasteiger partial charge in [-0.05, 0) is 24.6 Å². The Labute approximate surface area is 83.0 Å². The van der Waals surface area contributed by atoms with Crippen LogP contribution in [0.2, 0.25) is 0 Å². The van der Waals surface area contributed by atoms with Crippen molar-refractivity contribution in [2.45, 2.75) is 6.92 Å². The molecule has 3 nitrogen and oxygen atoms in total. The highest BCUT2D eigenvalue weighted by molar-refractivity contribution is 5.85. The van der Waals surface area contributed by atoms with Crippen molar-refractivity contribution in [3.63, 3.8) is 0 Å². The van der Waals surface area contributed by atoms with Gasteiger partial charge in [-0.3, -0.25) is 0 Å². The van der Waals surface area contributed by atoms with E-state index in [2.05, 4.69) is 11.1 Å². The molecule has 70 valence electrons. The van der Waals surface area contributed by atoms with Crippen molar-refractivity contribution in [2.24, 2.45) is 7.05 Å². The fraction of sp³-hybridized carbons (Fsp3) is 0.222. The van der Waals surface area contributed by atoms with Gasteiger partial charge >= 0.3 is 0 Å². The summed E-state index contributed by atoms with van der Waals surface area (Å²) < 4.78 is 1.88. The van der Waals surface area contributed by atoms with Gasteiger partial charge in [0.1, 0.15) is 0 Å². The summed E-state index contributed by atoms with van der Waals surface area (Å²) in [5.41, 5.74) is 8.91. The molecule has 0 atom stereocenters. The zero-order valence-electron chi connectivity index (χ0n) is 7.61. The normalized spacial score (nSPS) is 10.0. The van der Waals surface area contributed by atoms with E-state index in [0.29, 0.717) is 5.95 Å². The minimum Gasteiger partial charge on any atom is -0.369 e. The van der Waals surface area contributed by atoms with Crippen LogP contribution < -0.4 is 5.73 Å². The molecule has 0 bridgehead atoms. The maximum Gasteiger partial charge on any atom is 0.200 e. The molecule has 0 saturated heterocycles. The van der Waals surface area contributed by atoms with Gasteiger partial charge in [0.05, 0.1) is 11.0 Å². The highest BCUT2D eigenvalue weighted by atomic mass is 35.5. The molecule has 2 N–H and O–H groups in total. The number of aromatic nitrogens is 2. The molecule has 0 aliphatic carbocycles. The summed E-state index contributed by atoms with van der Waals surface area (Å²) in [6.45, 7) is 2.05. The number of hydrogen-bond donors (Lipinski definition) is 1. The van der Waals surface area contributed by atoms with Crippen molar-refractivity contribution in [1.29, 1.82) is 0 Å². The minimum absolute atomic E-state index is 0. The highest BCUT2D eigenvalue weighted by Crippen LogP contribution is 2.16. The first kappa shape index (κ1) is 9.86. The van der Waals surface area contributed by atoms with Crippen molar-refractivity contribution in [1.82, 2.24) is 9.55 Å². The molecule has 13 heavy (non-hydrogen) atoms. The summed E-state index contributed by atoms with van der Waals surface area (Å²) >= 11 is 0. The molecule has 0 spiro atoms. The molecule has 0 aliphatic heterocycles. The zero-order chi connectivity index (χ0) is 8.72. The quantitative estimate of drug-likeness (QED) is 0.701. The van der Waals surface area contributed by atoms with Gasteiger partial charge in [-0.25, -0.2) is 4.98 Å². The fourth-order valence-electron chi connectivity index (χ4n) is 1.33. The maximum absolute atomic E-state index is 5.65. The Bertz CT molecular complexity index is 434. The van der Waals surface area contributed by atoms with Crippen LogP contribution in [0.1, 0.15) is 5.56 Å². The minimum atomic E-state index is 0. The molecule has 1 aromatic carbocycles. The van der Waals surface area contributed by atoms with E-state index in [9.17, 15) is 0 Å². The Hall–Kier alpha value is -1.22. The topological polar surface area (TPSA) is 43.8 Å². The lowest BCUT2D eigenvalue weighted by atomic mass is 10.2. The van der Waals surface area contributed by atoms with Crippen molar-refractivity contribution < 1.29 is 0 Å². The molecule has 0 fully saturated rings. The smallest absolute Gasteiger partial charge is 0.200 e. The number of benzene rings is 1. The van der Waals surface area contributed by atoms with E-state index in [1.165, 1.54) is 5.56 Å². The summed E-state index contributed by atoms with van der Waals surface area (Å²) in [6, 6.07) is 6.13. The largest absolute Gasteiger partial charge is 0.369 e. The third-order valence-corrected chi connectivity index (χ3v) is 2.07. The standard InChI is InChI=1S/C9H11N3.ClH/c1-6-3-4-8-7(5-6)11-9(10)12(8)2;/h3-5H,1-2H3,(H2,10,11);1H. The van der Waals surface area contributed by atoms with Crippen LogP contribution in [0.15, 0.2) is 18.2 Å². The summed E-state index contributed by atoms with van der Waals surface area (Å²) in [4.78, 5) is 4.21. The van der Waals surface area contributed by atoms with Gasteiger partial charge in [0.2, 0.25) is 5.95 Å². The number of fused-ring (bicyclic) bond motifs is 1. The molecular weight excluding hydrogens is 186 g/mol. The number of halogens is 1. The Balaban J connectivity index is 0.000000845. The molecular formula is C9H12ClN3. The van der Waals surface area contributed by atoms with Gasteiger partial charge in [0.15, 0.2) is 0 Å². The Morgan fingerprint density at radius 2 is 2.08 bits per heavy atom. The second-order valence-electron chi connectivity index (χ2n) is 3.02. The zero-order valence-corrected chi connectivity index (χ0v) is 8.43. The van der Waals surface area contributed by atoms with E-state index in [0.717, 1.165) is 11.0 Å². The number of hydrogen-bond acceptors (Lipinski definition) is 2. The summed E-state index contributed by atoms with van der Waals surface area (Å²) in [5.74, 6) is 0.565. The first-order valence-electron chi connectivity index (χ1n) is 3.87. The number of rotatable bonds is 0. The average molecular weight is 198 g/mol. The summed E-state index contributed by atoms with van der Waals surface area (Å²) in [6.07, 6.45) is 0. The number of imidazole rings is 1. The molecule has 0 aliphatic rings. The fourth-order valence-corrected chi connectivity index (χ4v) is 1.33. The van der Waals surface area contributed by atoms with E-state index < -0.39 is 0 Å². The lowest BCUT2D eigenvalue weighted by Crippen LogP contribution is -1.95. The predicted octanol–water partition coefficient (Wildman–Crippen LogP) is 1.89. The van der Waals surface area contributed by atoms with Crippen LogP contribution in [0.5, 0.6) is 0 Å². The number of aryl methyl sites for hydroxylation is 2.